The normalized spacial score (nSPS) is 12.8. The molecule has 0 aromatic heterocycles. The first kappa shape index (κ1) is 25.2. The number of benzene rings is 2. The molecule has 0 unspecified atom stereocenters. The van der Waals surface area contributed by atoms with Crippen LogP contribution >= 0.6 is 11.8 Å². The summed E-state index contributed by atoms with van der Waals surface area (Å²) in [6, 6.07) is 14.0. The molecule has 0 heterocycles. The number of ether oxygens (including phenoxy) is 3. The van der Waals surface area contributed by atoms with Crippen molar-refractivity contribution in [3.63, 3.8) is 0 Å². The molecule has 4 N–H and O–H groups in total. The van der Waals surface area contributed by atoms with Gasteiger partial charge < -0.3 is 19.3 Å². The van der Waals surface area contributed by atoms with E-state index in [-0.39, 0.29) is 13.2 Å². The smallest absolute Gasteiger partial charge is 0.412 e. The summed E-state index contributed by atoms with van der Waals surface area (Å²) in [6.07, 6.45) is 1.93. The number of carbonyl (C=O) groups excluding carboxylic acids is 2. The van der Waals surface area contributed by atoms with Crippen LogP contribution < -0.4 is 15.5 Å². The molecular formula is C22H26N2O7S. The molecule has 2 aromatic carbocycles. The molecular weight excluding hydrogens is 436 g/mol. The average molecular weight is 463 g/mol. The van der Waals surface area contributed by atoms with Gasteiger partial charge in [-0.25, -0.2) is 10.3 Å². The third-order valence-electron chi connectivity index (χ3n) is 4.26. The molecule has 0 aliphatic heterocycles. The Bertz CT molecular complexity index is 888. The minimum atomic E-state index is -0.917. The van der Waals surface area contributed by atoms with Crippen LogP contribution in [0, 0.1) is 0 Å². The maximum absolute atomic E-state index is 12.6. The van der Waals surface area contributed by atoms with Crippen molar-refractivity contribution in [1.29, 1.82) is 0 Å². The van der Waals surface area contributed by atoms with Crippen LogP contribution in [0.3, 0.4) is 0 Å². The fourth-order valence-corrected chi connectivity index (χ4v) is 3.11. The van der Waals surface area contributed by atoms with E-state index in [0.717, 1.165) is 11.0 Å². The van der Waals surface area contributed by atoms with Gasteiger partial charge in [-0.15, -0.1) is 11.8 Å². The van der Waals surface area contributed by atoms with Crippen molar-refractivity contribution >= 4 is 29.4 Å². The summed E-state index contributed by atoms with van der Waals surface area (Å²) in [5, 5.41) is 20.3. The number of hydrogen-bond acceptors (Lipinski definition) is 8. The number of methoxy groups -OCH3 is 1. The molecule has 2 rings (SSSR count). The molecule has 0 saturated heterocycles. The minimum Gasteiger partial charge on any atom is -0.491 e. The van der Waals surface area contributed by atoms with E-state index in [1.165, 1.54) is 18.7 Å². The number of thioether (sulfide) groups is 1. The van der Waals surface area contributed by atoms with Crippen molar-refractivity contribution in [2.24, 2.45) is 0 Å². The second-order valence-corrected chi connectivity index (χ2v) is 7.24. The van der Waals surface area contributed by atoms with Crippen molar-refractivity contribution in [3.05, 3.63) is 66.2 Å². The van der Waals surface area contributed by atoms with Gasteiger partial charge in [-0.2, -0.15) is 0 Å². The molecule has 172 valence electrons. The van der Waals surface area contributed by atoms with E-state index >= 15 is 0 Å². The van der Waals surface area contributed by atoms with Crippen LogP contribution in [-0.2, 0) is 14.3 Å². The summed E-state index contributed by atoms with van der Waals surface area (Å²) < 4.78 is 16.4. The van der Waals surface area contributed by atoms with Crippen molar-refractivity contribution in [2.45, 2.75) is 17.1 Å². The fourth-order valence-electron chi connectivity index (χ4n) is 2.70. The minimum absolute atomic E-state index is 0.116. The number of nitrogens with one attached hydrogen (secondary N) is 2. The maximum atomic E-state index is 12.6. The Morgan fingerprint density at radius 3 is 2.38 bits per heavy atom. The second-order valence-electron chi connectivity index (χ2n) is 6.36. The SMILES string of the molecule is CO[C@@H](/C=C/C(=O)NO)[C@@H](OC(=O)Nc1ccc(SC)cc1)c1ccc(OCCO)cc1. The zero-order valence-corrected chi connectivity index (χ0v) is 18.5. The first-order valence-electron chi connectivity index (χ1n) is 9.61. The zero-order chi connectivity index (χ0) is 23.3. The highest BCUT2D eigenvalue weighted by atomic mass is 32.2. The van der Waals surface area contributed by atoms with Crippen LogP contribution in [0.2, 0.25) is 0 Å². The van der Waals surface area contributed by atoms with Gasteiger partial charge in [-0.05, 0) is 54.3 Å². The van der Waals surface area contributed by atoms with Gasteiger partial charge in [0.05, 0.1) is 6.61 Å². The van der Waals surface area contributed by atoms with Crippen LogP contribution in [0.5, 0.6) is 5.75 Å². The standard InChI is InChI=1S/C22H26N2O7S/c1-29-19(11-12-20(26)24-28)21(15-3-7-17(8-4-15)30-14-13-25)31-22(27)23-16-5-9-18(32-2)10-6-16/h3-12,19,21,25,28H,13-14H2,1-2H3,(H,23,27)(H,24,26)/b12-11+/t19-,21-/m0/s1. The van der Waals surface area contributed by atoms with Crippen molar-refractivity contribution in [1.82, 2.24) is 5.48 Å². The van der Waals surface area contributed by atoms with Gasteiger partial charge in [0.1, 0.15) is 18.5 Å². The van der Waals surface area contributed by atoms with Crippen LogP contribution in [0.25, 0.3) is 0 Å². The lowest BCUT2D eigenvalue weighted by molar-refractivity contribution is -0.124. The predicted molar refractivity (Wildman–Crippen MR) is 120 cm³/mol. The van der Waals surface area contributed by atoms with Gasteiger partial charge in [0.25, 0.3) is 5.91 Å². The van der Waals surface area contributed by atoms with Crippen LogP contribution in [0.1, 0.15) is 11.7 Å². The summed E-state index contributed by atoms with van der Waals surface area (Å²) in [5.74, 6) is -0.221. The van der Waals surface area contributed by atoms with E-state index < -0.39 is 24.2 Å². The van der Waals surface area contributed by atoms with Gasteiger partial charge in [-0.3, -0.25) is 15.3 Å². The third-order valence-corrected chi connectivity index (χ3v) is 5.00. The zero-order valence-electron chi connectivity index (χ0n) is 17.7. The monoisotopic (exact) mass is 462 g/mol. The van der Waals surface area contributed by atoms with E-state index in [2.05, 4.69) is 5.32 Å². The summed E-state index contributed by atoms with van der Waals surface area (Å²) in [5.41, 5.74) is 2.63. The van der Waals surface area contributed by atoms with Crippen molar-refractivity contribution < 1.29 is 34.1 Å². The van der Waals surface area contributed by atoms with Crippen LogP contribution in [-0.4, -0.2) is 55.0 Å². The first-order chi connectivity index (χ1) is 15.5. The fraction of sp³-hybridized carbons (Fsp3) is 0.273. The highest BCUT2D eigenvalue weighted by Crippen LogP contribution is 2.27. The van der Waals surface area contributed by atoms with Gasteiger partial charge in [-0.1, -0.05) is 12.1 Å². The number of rotatable bonds is 11. The number of carbonyl (C=O) groups is 2. The van der Waals surface area contributed by atoms with E-state index in [0.29, 0.717) is 17.0 Å². The van der Waals surface area contributed by atoms with Gasteiger partial charge in [0.2, 0.25) is 0 Å². The summed E-state index contributed by atoms with van der Waals surface area (Å²) in [4.78, 5) is 25.0. The molecule has 9 nitrogen and oxygen atoms in total. The van der Waals surface area contributed by atoms with Gasteiger partial charge >= 0.3 is 6.09 Å². The summed E-state index contributed by atoms with van der Waals surface area (Å²) >= 11 is 1.58. The molecule has 0 fully saturated rings. The Morgan fingerprint density at radius 1 is 1.12 bits per heavy atom. The summed E-state index contributed by atoms with van der Waals surface area (Å²) in [7, 11) is 1.40. The lowest BCUT2D eigenvalue weighted by atomic mass is 10.0. The number of hydrogen-bond donors (Lipinski definition) is 4. The molecule has 0 bridgehead atoms. The lowest BCUT2D eigenvalue weighted by Crippen LogP contribution is -2.27. The molecule has 2 atom stereocenters. The number of hydroxylamine groups is 1. The quantitative estimate of drug-likeness (QED) is 0.174. The van der Waals surface area contributed by atoms with Crippen LogP contribution in [0.15, 0.2) is 65.6 Å². The van der Waals surface area contributed by atoms with Gasteiger partial charge in [0.15, 0.2) is 6.10 Å². The maximum Gasteiger partial charge on any atom is 0.412 e. The Hall–Kier alpha value is -3.05. The van der Waals surface area contributed by atoms with E-state index in [1.807, 2.05) is 18.4 Å². The lowest BCUT2D eigenvalue weighted by Gasteiger charge is -2.24. The summed E-state index contributed by atoms with van der Waals surface area (Å²) in [6.45, 7) is 0.0335. The average Bonchev–Trinajstić information content (AvgIpc) is 2.83. The largest absolute Gasteiger partial charge is 0.491 e. The molecule has 32 heavy (non-hydrogen) atoms. The number of amides is 2. The molecule has 0 aliphatic carbocycles. The predicted octanol–water partition coefficient (Wildman–Crippen LogP) is 3.15. The van der Waals surface area contributed by atoms with Gasteiger partial charge in [0, 0.05) is 23.8 Å². The Kier molecular flexibility index (Phi) is 10.5. The molecule has 10 heteroatoms. The first-order valence-corrected chi connectivity index (χ1v) is 10.8. The number of aliphatic hydroxyl groups is 1. The van der Waals surface area contributed by atoms with E-state index in [1.54, 1.807) is 48.2 Å². The Balaban J connectivity index is 2.22. The second kappa shape index (κ2) is 13.4. The van der Waals surface area contributed by atoms with E-state index in [9.17, 15) is 9.59 Å². The topological polar surface area (TPSA) is 126 Å². The molecule has 2 amide bonds. The Morgan fingerprint density at radius 2 is 1.81 bits per heavy atom. The number of aliphatic hydroxyl groups excluding tert-OH is 1. The molecule has 0 aliphatic rings. The van der Waals surface area contributed by atoms with Crippen LogP contribution in [0.4, 0.5) is 10.5 Å². The van der Waals surface area contributed by atoms with E-state index in [4.69, 9.17) is 24.5 Å². The highest BCUT2D eigenvalue weighted by molar-refractivity contribution is 7.98. The molecule has 0 saturated carbocycles. The molecule has 0 spiro atoms. The molecule has 0 radical (unpaired) electrons. The number of anilines is 1. The van der Waals surface area contributed by atoms with Crippen molar-refractivity contribution in [3.8, 4) is 5.75 Å². The van der Waals surface area contributed by atoms with Crippen molar-refractivity contribution in [2.75, 3.05) is 31.9 Å². The third kappa shape index (κ3) is 7.89. The molecule has 2 aromatic rings. The Labute approximate surface area is 190 Å². The highest BCUT2D eigenvalue weighted by Gasteiger charge is 2.26.